The summed E-state index contributed by atoms with van der Waals surface area (Å²) in [5.41, 5.74) is 1.08. The molecule has 8 heteroatoms. The van der Waals surface area contributed by atoms with Gasteiger partial charge in [-0.3, -0.25) is 9.59 Å². The van der Waals surface area contributed by atoms with Crippen molar-refractivity contribution in [3.63, 3.8) is 0 Å². The number of hydrogen-bond acceptors (Lipinski definition) is 8. The summed E-state index contributed by atoms with van der Waals surface area (Å²) in [5, 5.41) is 0. The van der Waals surface area contributed by atoms with Gasteiger partial charge >= 0.3 is 0 Å². The van der Waals surface area contributed by atoms with Gasteiger partial charge in [-0.2, -0.15) is 0 Å². The predicted octanol–water partition coefficient (Wildman–Crippen LogP) is 4.20. The van der Waals surface area contributed by atoms with Gasteiger partial charge in [-0.1, -0.05) is 11.8 Å². The Morgan fingerprint density at radius 1 is 0.556 bits per heavy atom. The van der Waals surface area contributed by atoms with Crippen molar-refractivity contribution in [2.45, 2.75) is 0 Å². The minimum absolute atomic E-state index is 0.0624. The van der Waals surface area contributed by atoms with E-state index in [9.17, 15) is 9.59 Å². The molecule has 0 aliphatic carbocycles. The first kappa shape index (κ1) is 26.0. The fourth-order valence-corrected chi connectivity index (χ4v) is 3.42. The monoisotopic (exact) mass is 490 g/mol. The smallest absolute Gasteiger partial charge is 0.234 e. The summed E-state index contributed by atoms with van der Waals surface area (Å²) in [5.74, 6) is 6.92. The molecule has 0 amide bonds. The number of ketones is 2. The summed E-state index contributed by atoms with van der Waals surface area (Å²) in [6.45, 7) is 0. The Bertz CT molecular complexity index is 1330. The average molecular weight is 491 g/mol. The summed E-state index contributed by atoms with van der Waals surface area (Å²) in [4.78, 5) is 26.6. The van der Waals surface area contributed by atoms with Crippen molar-refractivity contribution in [2.75, 3.05) is 42.7 Å². The zero-order valence-corrected chi connectivity index (χ0v) is 20.9. The predicted molar refractivity (Wildman–Crippen MR) is 133 cm³/mol. The summed E-state index contributed by atoms with van der Waals surface area (Å²) in [6, 6.07) is 12.7. The number of rotatable bonds is 9. The van der Waals surface area contributed by atoms with E-state index in [-0.39, 0.29) is 22.4 Å². The lowest BCUT2D eigenvalue weighted by Gasteiger charge is -2.12. The van der Waals surface area contributed by atoms with Crippen molar-refractivity contribution in [3.05, 3.63) is 70.8 Å². The van der Waals surface area contributed by atoms with Gasteiger partial charge < -0.3 is 28.4 Å². The lowest BCUT2D eigenvalue weighted by atomic mass is 9.96. The quantitative estimate of drug-likeness (QED) is 0.250. The molecule has 0 radical (unpaired) electrons. The maximum absolute atomic E-state index is 13.4. The van der Waals surface area contributed by atoms with E-state index in [0.29, 0.717) is 34.3 Å². The average Bonchev–Trinajstić information content (AvgIpc) is 2.93. The fourth-order valence-electron chi connectivity index (χ4n) is 3.42. The Labute approximate surface area is 209 Å². The van der Waals surface area contributed by atoms with Gasteiger partial charge in [0.25, 0.3) is 0 Å². The van der Waals surface area contributed by atoms with E-state index in [4.69, 9.17) is 28.4 Å². The summed E-state index contributed by atoms with van der Waals surface area (Å²) >= 11 is 0. The van der Waals surface area contributed by atoms with Gasteiger partial charge in [-0.05, 0) is 36.4 Å². The minimum Gasteiger partial charge on any atom is -0.497 e. The van der Waals surface area contributed by atoms with E-state index in [0.717, 1.165) is 0 Å². The van der Waals surface area contributed by atoms with Crippen LogP contribution in [-0.4, -0.2) is 54.2 Å². The molecule has 0 atom stereocenters. The summed E-state index contributed by atoms with van der Waals surface area (Å²) in [7, 11) is 8.90. The maximum atomic E-state index is 13.4. The molecule has 3 rings (SSSR count). The number of Topliss-reactive ketones (excluding diaryl/α,β-unsaturated/α-hetero) is 2. The minimum atomic E-state index is -0.775. The lowest BCUT2D eigenvalue weighted by molar-refractivity contribution is 0.0816. The molecule has 0 aliphatic heterocycles. The van der Waals surface area contributed by atoms with Crippen LogP contribution in [0.15, 0.2) is 48.5 Å². The van der Waals surface area contributed by atoms with Crippen LogP contribution in [0.25, 0.3) is 0 Å². The van der Waals surface area contributed by atoms with Crippen molar-refractivity contribution in [1.82, 2.24) is 0 Å². The number of hydrogen-bond donors (Lipinski definition) is 0. The molecular formula is C28H26O8. The zero-order valence-electron chi connectivity index (χ0n) is 20.9. The molecule has 0 N–H and O–H groups in total. The Balaban J connectivity index is 2.11. The third-order valence-corrected chi connectivity index (χ3v) is 5.31. The first-order valence-electron chi connectivity index (χ1n) is 10.7. The molecule has 0 heterocycles. The van der Waals surface area contributed by atoms with Crippen molar-refractivity contribution in [2.24, 2.45) is 0 Å². The van der Waals surface area contributed by atoms with E-state index in [1.165, 1.54) is 53.7 Å². The van der Waals surface area contributed by atoms with Gasteiger partial charge in [0.05, 0.1) is 42.7 Å². The van der Waals surface area contributed by atoms with E-state index < -0.39 is 11.6 Å². The maximum Gasteiger partial charge on any atom is 0.234 e. The van der Waals surface area contributed by atoms with Crippen LogP contribution in [0, 0.1) is 11.8 Å². The molecule has 0 unspecified atom stereocenters. The van der Waals surface area contributed by atoms with Crippen molar-refractivity contribution < 1.29 is 38.0 Å². The second kappa shape index (κ2) is 11.7. The fraction of sp³-hybridized carbons (Fsp3) is 0.214. The molecule has 3 aromatic carbocycles. The van der Waals surface area contributed by atoms with Crippen molar-refractivity contribution in [1.29, 1.82) is 0 Å². The lowest BCUT2D eigenvalue weighted by Crippen LogP contribution is -2.16. The molecule has 8 nitrogen and oxygen atoms in total. The van der Waals surface area contributed by atoms with E-state index >= 15 is 0 Å². The van der Waals surface area contributed by atoms with E-state index in [2.05, 4.69) is 11.8 Å². The molecule has 0 aliphatic rings. The Morgan fingerprint density at radius 2 is 1.11 bits per heavy atom. The molecular weight excluding hydrogens is 464 g/mol. The normalized spacial score (nSPS) is 9.94. The topological polar surface area (TPSA) is 89.5 Å². The highest BCUT2D eigenvalue weighted by molar-refractivity contribution is 6.49. The van der Waals surface area contributed by atoms with Gasteiger partial charge in [-0.25, -0.2) is 0 Å². The first-order chi connectivity index (χ1) is 17.4. The number of methoxy groups -OCH3 is 6. The molecule has 0 saturated heterocycles. The Morgan fingerprint density at radius 3 is 1.67 bits per heavy atom. The number of carbonyl (C=O) groups is 2. The van der Waals surface area contributed by atoms with Crippen molar-refractivity contribution in [3.8, 4) is 46.3 Å². The highest BCUT2D eigenvalue weighted by Gasteiger charge is 2.24. The standard InChI is InChI=1S/C28H26O8/c1-31-20-12-19(13-21(15-20)32-2)27(29)28(30)22-16-26(36-6)25(35-5)14-18(22)9-7-17-8-10-23(33-3)24(11-17)34-4/h8,10-16H,1-6H3. The largest absolute Gasteiger partial charge is 0.497 e. The molecule has 186 valence electrons. The van der Waals surface area contributed by atoms with Gasteiger partial charge in [-0.15, -0.1) is 0 Å². The molecule has 0 fully saturated rings. The van der Waals surface area contributed by atoms with Gasteiger partial charge in [0, 0.05) is 34.4 Å². The number of ether oxygens (including phenoxy) is 6. The number of carbonyl (C=O) groups excluding carboxylic acids is 2. The molecule has 36 heavy (non-hydrogen) atoms. The van der Waals surface area contributed by atoms with Crippen LogP contribution in [0.1, 0.15) is 31.8 Å². The highest BCUT2D eigenvalue weighted by Crippen LogP contribution is 2.32. The summed E-state index contributed by atoms with van der Waals surface area (Å²) < 4.78 is 31.8. The van der Waals surface area contributed by atoms with Crippen LogP contribution in [0.2, 0.25) is 0 Å². The Kier molecular flexibility index (Phi) is 8.42. The second-order valence-electron chi connectivity index (χ2n) is 7.33. The van der Waals surface area contributed by atoms with E-state index in [1.807, 2.05) is 0 Å². The highest BCUT2D eigenvalue weighted by atomic mass is 16.5. The van der Waals surface area contributed by atoms with Crippen LogP contribution in [0.5, 0.6) is 34.5 Å². The van der Waals surface area contributed by atoms with E-state index in [1.54, 1.807) is 37.4 Å². The molecule has 0 saturated carbocycles. The van der Waals surface area contributed by atoms with Crippen LogP contribution < -0.4 is 28.4 Å². The third kappa shape index (κ3) is 5.53. The molecule has 3 aromatic rings. The third-order valence-electron chi connectivity index (χ3n) is 5.31. The van der Waals surface area contributed by atoms with Crippen molar-refractivity contribution >= 4 is 11.6 Å². The van der Waals surface area contributed by atoms with Crippen LogP contribution in [0.3, 0.4) is 0 Å². The summed E-state index contributed by atoms with van der Waals surface area (Å²) in [6.07, 6.45) is 0. The van der Waals surface area contributed by atoms with Crippen LogP contribution >= 0.6 is 0 Å². The van der Waals surface area contributed by atoms with Crippen LogP contribution in [-0.2, 0) is 0 Å². The molecule has 0 spiro atoms. The first-order valence-corrected chi connectivity index (χ1v) is 10.7. The van der Waals surface area contributed by atoms with Gasteiger partial charge in [0.2, 0.25) is 11.6 Å². The number of benzene rings is 3. The zero-order chi connectivity index (χ0) is 26.2. The van der Waals surface area contributed by atoms with Gasteiger partial charge in [0.15, 0.2) is 23.0 Å². The van der Waals surface area contributed by atoms with Gasteiger partial charge in [0.1, 0.15) is 11.5 Å². The van der Waals surface area contributed by atoms with Crippen LogP contribution in [0.4, 0.5) is 0 Å². The second-order valence-corrected chi connectivity index (χ2v) is 7.33. The molecule has 0 bridgehead atoms. The molecule has 0 aromatic heterocycles. The Hall–Kier alpha value is -4.64. The SMILES string of the molecule is COc1cc(OC)cc(C(=O)C(=O)c2cc(OC)c(OC)cc2C#Cc2ccc(OC)c(OC)c2)c1.